The van der Waals surface area contributed by atoms with Crippen molar-refractivity contribution in [2.75, 3.05) is 16.2 Å². The zero-order valence-electron chi connectivity index (χ0n) is 14.8. The smallest absolute Gasteiger partial charge is 0.264 e. The average Bonchev–Trinajstić information content (AvgIpc) is 2.71. The highest BCUT2D eigenvalue weighted by Gasteiger charge is 2.27. The van der Waals surface area contributed by atoms with Gasteiger partial charge in [0.05, 0.1) is 26.3 Å². The number of anilines is 2. The van der Waals surface area contributed by atoms with Gasteiger partial charge in [0.2, 0.25) is 5.91 Å². The van der Waals surface area contributed by atoms with Gasteiger partial charge < -0.3 is 5.32 Å². The van der Waals surface area contributed by atoms with Crippen molar-refractivity contribution in [3.8, 4) is 0 Å². The highest BCUT2D eigenvalue weighted by Crippen LogP contribution is 2.30. The first-order valence-corrected chi connectivity index (χ1v) is 11.6. The monoisotopic (exact) mass is 560 g/mol. The molecule has 0 radical (unpaired) electrons. The fourth-order valence-electron chi connectivity index (χ4n) is 2.56. The molecule has 3 aromatic carbocycles. The fourth-order valence-corrected chi connectivity index (χ4v) is 4.71. The lowest BCUT2D eigenvalue weighted by Gasteiger charge is -2.24. The Morgan fingerprint density at radius 3 is 2.24 bits per heavy atom. The van der Waals surface area contributed by atoms with Gasteiger partial charge in [-0.25, -0.2) is 8.42 Å². The third-order valence-electron chi connectivity index (χ3n) is 3.96. The molecule has 5 nitrogen and oxygen atoms in total. The van der Waals surface area contributed by atoms with Crippen LogP contribution in [0, 0.1) is 3.57 Å². The Balaban J connectivity index is 1.94. The molecule has 150 valence electrons. The van der Waals surface area contributed by atoms with E-state index >= 15 is 0 Å². The minimum absolute atomic E-state index is 0.0899. The van der Waals surface area contributed by atoms with Gasteiger partial charge in [0.25, 0.3) is 10.0 Å². The number of amides is 1. The summed E-state index contributed by atoms with van der Waals surface area (Å²) in [5.74, 6) is -0.549. The number of halogens is 3. The maximum Gasteiger partial charge on any atom is 0.264 e. The molecule has 29 heavy (non-hydrogen) atoms. The molecule has 0 aliphatic rings. The normalized spacial score (nSPS) is 11.1. The zero-order valence-corrected chi connectivity index (χ0v) is 19.3. The first kappa shape index (κ1) is 21.9. The lowest BCUT2D eigenvalue weighted by atomic mass is 10.3. The van der Waals surface area contributed by atoms with Gasteiger partial charge in [-0.2, -0.15) is 0 Å². The van der Waals surface area contributed by atoms with E-state index in [1.54, 1.807) is 60.7 Å². The third kappa shape index (κ3) is 5.22. The van der Waals surface area contributed by atoms with Crippen LogP contribution in [0.3, 0.4) is 0 Å². The molecule has 0 saturated carbocycles. The van der Waals surface area contributed by atoms with Crippen LogP contribution in [0.25, 0.3) is 0 Å². The van der Waals surface area contributed by atoms with Gasteiger partial charge in [0.15, 0.2) is 0 Å². The average molecular weight is 561 g/mol. The van der Waals surface area contributed by atoms with E-state index in [-0.39, 0.29) is 14.9 Å². The number of nitrogens with one attached hydrogen (secondary N) is 1. The predicted molar refractivity (Wildman–Crippen MR) is 125 cm³/mol. The molecule has 0 fully saturated rings. The van der Waals surface area contributed by atoms with Crippen LogP contribution in [0.5, 0.6) is 0 Å². The molecule has 0 aromatic heterocycles. The topological polar surface area (TPSA) is 66.5 Å². The number of nitrogens with zero attached hydrogens (tertiary/aromatic N) is 1. The second kappa shape index (κ2) is 9.34. The number of benzene rings is 3. The highest BCUT2D eigenvalue weighted by molar-refractivity contribution is 14.1. The number of hydrogen-bond acceptors (Lipinski definition) is 3. The predicted octanol–water partition coefficient (Wildman–Crippen LogP) is 5.43. The van der Waals surface area contributed by atoms with Crippen molar-refractivity contribution in [3.05, 3.63) is 86.4 Å². The highest BCUT2D eigenvalue weighted by atomic mass is 127. The van der Waals surface area contributed by atoms with Crippen molar-refractivity contribution >= 4 is 73.1 Å². The summed E-state index contributed by atoms with van der Waals surface area (Å²) in [5, 5.41) is 3.10. The maximum atomic E-state index is 13.2. The van der Waals surface area contributed by atoms with Gasteiger partial charge in [-0.15, -0.1) is 0 Å². The van der Waals surface area contributed by atoms with E-state index in [9.17, 15) is 13.2 Å². The van der Waals surface area contributed by atoms with Crippen LogP contribution < -0.4 is 9.62 Å². The van der Waals surface area contributed by atoms with E-state index in [1.807, 2.05) is 0 Å². The fraction of sp³-hybridized carbons (Fsp3) is 0.0500. The summed E-state index contributed by atoms with van der Waals surface area (Å²) in [5.41, 5.74) is 0.686. The quantitative estimate of drug-likeness (QED) is 0.409. The largest absolute Gasteiger partial charge is 0.323 e. The lowest BCUT2D eigenvalue weighted by molar-refractivity contribution is -0.114. The number of carbonyl (C=O) groups is 1. The standard InChI is InChI=1S/C20H15Cl2IN2O3S/c21-17-7-4-8-18(20(17)22)24-19(26)13-25(15-11-9-14(23)10-12-15)29(27,28)16-5-2-1-3-6-16/h1-12H,13H2,(H,24,26). The van der Waals surface area contributed by atoms with Crippen LogP contribution in [-0.4, -0.2) is 20.9 Å². The Bertz CT molecular complexity index is 1120. The third-order valence-corrected chi connectivity index (χ3v) is 7.28. The SMILES string of the molecule is O=C(CN(c1ccc(I)cc1)S(=O)(=O)c1ccccc1)Nc1cccc(Cl)c1Cl. The zero-order chi connectivity index (χ0) is 21.0. The molecule has 0 heterocycles. The second-order valence-electron chi connectivity index (χ2n) is 5.95. The van der Waals surface area contributed by atoms with Crippen molar-refractivity contribution in [1.29, 1.82) is 0 Å². The van der Waals surface area contributed by atoms with Crippen molar-refractivity contribution < 1.29 is 13.2 Å². The molecule has 0 aliphatic carbocycles. The van der Waals surface area contributed by atoms with Crippen molar-refractivity contribution in [2.45, 2.75) is 4.90 Å². The van der Waals surface area contributed by atoms with E-state index in [0.29, 0.717) is 11.4 Å². The van der Waals surface area contributed by atoms with E-state index in [1.165, 1.54) is 12.1 Å². The number of carbonyl (C=O) groups excluding carboxylic acids is 1. The van der Waals surface area contributed by atoms with Crippen LogP contribution in [0.2, 0.25) is 10.0 Å². The molecule has 3 rings (SSSR count). The van der Waals surface area contributed by atoms with Gasteiger partial charge in [0.1, 0.15) is 6.54 Å². The molecular formula is C20H15Cl2IN2O3S. The molecule has 0 atom stereocenters. The first-order chi connectivity index (χ1) is 13.8. The van der Waals surface area contributed by atoms with Crippen LogP contribution in [0.4, 0.5) is 11.4 Å². The molecule has 0 bridgehead atoms. The molecular weight excluding hydrogens is 546 g/mol. The van der Waals surface area contributed by atoms with E-state index in [2.05, 4.69) is 27.9 Å². The second-order valence-corrected chi connectivity index (χ2v) is 9.84. The Hall–Kier alpha value is -1.81. The van der Waals surface area contributed by atoms with Crippen molar-refractivity contribution in [2.24, 2.45) is 0 Å². The lowest BCUT2D eigenvalue weighted by Crippen LogP contribution is -2.38. The molecule has 0 aliphatic heterocycles. The summed E-state index contributed by atoms with van der Waals surface area (Å²) >= 11 is 14.2. The molecule has 0 spiro atoms. The molecule has 0 unspecified atom stereocenters. The summed E-state index contributed by atoms with van der Waals surface area (Å²) in [6, 6.07) is 19.6. The Morgan fingerprint density at radius 1 is 0.931 bits per heavy atom. The summed E-state index contributed by atoms with van der Waals surface area (Å²) < 4.78 is 28.5. The van der Waals surface area contributed by atoms with E-state index < -0.39 is 22.5 Å². The van der Waals surface area contributed by atoms with E-state index in [0.717, 1.165) is 7.88 Å². The van der Waals surface area contributed by atoms with Gasteiger partial charge in [-0.05, 0) is 71.1 Å². The maximum absolute atomic E-state index is 13.2. The molecule has 1 N–H and O–H groups in total. The van der Waals surface area contributed by atoms with Gasteiger partial charge in [-0.1, -0.05) is 47.5 Å². The number of sulfonamides is 1. The Labute approximate surface area is 192 Å². The van der Waals surface area contributed by atoms with Crippen LogP contribution in [0.1, 0.15) is 0 Å². The molecule has 1 amide bonds. The summed E-state index contributed by atoms with van der Waals surface area (Å²) in [7, 11) is -3.96. The Kier molecular flexibility index (Phi) is 7.05. The summed E-state index contributed by atoms with van der Waals surface area (Å²) in [6.07, 6.45) is 0. The molecule has 9 heteroatoms. The van der Waals surface area contributed by atoms with Gasteiger partial charge >= 0.3 is 0 Å². The van der Waals surface area contributed by atoms with Crippen LogP contribution in [0.15, 0.2) is 77.7 Å². The number of rotatable bonds is 6. The summed E-state index contributed by atoms with van der Waals surface area (Å²) in [6.45, 7) is -0.430. The molecule has 0 saturated heterocycles. The van der Waals surface area contributed by atoms with Gasteiger partial charge in [0, 0.05) is 3.57 Å². The Morgan fingerprint density at radius 2 is 1.59 bits per heavy atom. The number of hydrogen-bond donors (Lipinski definition) is 1. The van der Waals surface area contributed by atoms with Crippen LogP contribution >= 0.6 is 45.8 Å². The van der Waals surface area contributed by atoms with Crippen molar-refractivity contribution in [3.63, 3.8) is 0 Å². The molecule has 3 aromatic rings. The van der Waals surface area contributed by atoms with Crippen LogP contribution in [-0.2, 0) is 14.8 Å². The van der Waals surface area contributed by atoms with Gasteiger partial charge in [-0.3, -0.25) is 9.10 Å². The minimum Gasteiger partial charge on any atom is -0.323 e. The van der Waals surface area contributed by atoms with Crippen molar-refractivity contribution in [1.82, 2.24) is 0 Å². The first-order valence-electron chi connectivity index (χ1n) is 8.36. The minimum atomic E-state index is -3.96. The van der Waals surface area contributed by atoms with E-state index in [4.69, 9.17) is 23.2 Å². The summed E-state index contributed by atoms with van der Waals surface area (Å²) in [4.78, 5) is 12.8.